The highest BCUT2D eigenvalue weighted by molar-refractivity contribution is 5.73. The number of hydrogen-bond acceptors (Lipinski definition) is 2. The van der Waals surface area contributed by atoms with Crippen LogP contribution in [0, 0.1) is 5.92 Å². The third kappa shape index (κ3) is 6.51. The van der Waals surface area contributed by atoms with Crippen molar-refractivity contribution in [3.8, 4) is 0 Å². The molecule has 0 spiro atoms. The molecule has 1 saturated carbocycles. The SMILES string of the molecule is CN(C)C(=O)NCCNCCC1CCCCC1. The zero-order valence-corrected chi connectivity index (χ0v) is 11.3. The molecule has 0 bridgehead atoms. The van der Waals surface area contributed by atoms with Gasteiger partial charge < -0.3 is 15.5 Å². The van der Waals surface area contributed by atoms with E-state index in [0.29, 0.717) is 6.54 Å². The lowest BCUT2D eigenvalue weighted by Gasteiger charge is -2.21. The molecular formula is C13H27N3O. The molecule has 17 heavy (non-hydrogen) atoms. The van der Waals surface area contributed by atoms with Crippen molar-refractivity contribution in [3.63, 3.8) is 0 Å². The number of carbonyl (C=O) groups excluding carboxylic acids is 1. The van der Waals surface area contributed by atoms with Gasteiger partial charge in [0.2, 0.25) is 0 Å². The summed E-state index contributed by atoms with van der Waals surface area (Å²) in [6.45, 7) is 2.66. The van der Waals surface area contributed by atoms with Gasteiger partial charge >= 0.3 is 6.03 Å². The lowest BCUT2D eigenvalue weighted by molar-refractivity contribution is 0.217. The molecule has 2 amide bonds. The number of nitrogens with zero attached hydrogens (tertiary/aromatic N) is 1. The second kappa shape index (κ2) is 8.34. The van der Waals surface area contributed by atoms with Gasteiger partial charge in [0, 0.05) is 27.2 Å². The molecule has 0 atom stereocenters. The van der Waals surface area contributed by atoms with Gasteiger partial charge in [-0.2, -0.15) is 0 Å². The van der Waals surface area contributed by atoms with Gasteiger partial charge in [0.15, 0.2) is 0 Å². The van der Waals surface area contributed by atoms with Crippen molar-refractivity contribution in [1.82, 2.24) is 15.5 Å². The molecule has 0 aromatic carbocycles. The van der Waals surface area contributed by atoms with Crippen LogP contribution in [0.25, 0.3) is 0 Å². The van der Waals surface area contributed by atoms with Gasteiger partial charge in [-0.05, 0) is 18.9 Å². The van der Waals surface area contributed by atoms with E-state index in [1.807, 2.05) is 0 Å². The smallest absolute Gasteiger partial charge is 0.316 e. The van der Waals surface area contributed by atoms with Crippen LogP contribution in [-0.4, -0.2) is 44.7 Å². The van der Waals surface area contributed by atoms with E-state index in [-0.39, 0.29) is 6.03 Å². The standard InChI is InChI=1S/C13H27N3O/c1-16(2)13(17)15-11-10-14-9-8-12-6-4-3-5-7-12/h12,14H,3-11H2,1-2H3,(H,15,17). The molecule has 4 nitrogen and oxygen atoms in total. The van der Waals surface area contributed by atoms with Gasteiger partial charge in [-0.15, -0.1) is 0 Å². The molecule has 1 aliphatic carbocycles. The maximum Gasteiger partial charge on any atom is 0.316 e. The number of urea groups is 1. The van der Waals surface area contributed by atoms with Crippen molar-refractivity contribution < 1.29 is 4.79 Å². The van der Waals surface area contributed by atoms with Crippen molar-refractivity contribution in [2.24, 2.45) is 5.92 Å². The number of rotatable bonds is 6. The highest BCUT2D eigenvalue weighted by Gasteiger charge is 2.12. The van der Waals surface area contributed by atoms with Crippen molar-refractivity contribution in [2.75, 3.05) is 33.7 Å². The summed E-state index contributed by atoms with van der Waals surface area (Å²) in [6, 6.07) is -0.0147. The minimum Gasteiger partial charge on any atom is -0.337 e. The Balaban J connectivity index is 1.88. The van der Waals surface area contributed by atoms with Crippen LogP contribution in [-0.2, 0) is 0 Å². The Kier molecular flexibility index (Phi) is 7.01. The summed E-state index contributed by atoms with van der Waals surface area (Å²) in [5.41, 5.74) is 0. The summed E-state index contributed by atoms with van der Waals surface area (Å²) in [6.07, 6.45) is 8.40. The Labute approximate surface area is 105 Å². The first-order valence-electron chi connectivity index (χ1n) is 6.86. The summed E-state index contributed by atoms with van der Waals surface area (Å²) >= 11 is 0. The summed E-state index contributed by atoms with van der Waals surface area (Å²) in [5.74, 6) is 0.938. The molecule has 0 aromatic heterocycles. The van der Waals surface area contributed by atoms with Gasteiger partial charge in [-0.1, -0.05) is 32.1 Å². The molecular weight excluding hydrogens is 214 g/mol. The largest absolute Gasteiger partial charge is 0.337 e. The van der Waals surface area contributed by atoms with Crippen molar-refractivity contribution in [3.05, 3.63) is 0 Å². The van der Waals surface area contributed by atoms with Gasteiger partial charge in [0.25, 0.3) is 0 Å². The molecule has 0 heterocycles. The predicted octanol–water partition coefficient (Wildman–Crippen LogP) is 1.82. The highest BCUT2D eigenvalue weighted by atomic mass is 16.2. The monoisotopic (exact) mass is 241 g/mol. The first-order valence-corrected chi connectivity index (χ1v) is 6.86. The normalized spacial score (nSPS) is 16.8. The summed E-state index contributed by atoms with van der Waals surface area (Å²) in [5, 5.41) is 6.24. The van der Waals surface area contributed by atoms with Crippen LogP contribution in [0.15, 0.2) is 0 Å². The molecule has 4 heteroatoms. The first-order chi connectivity index (χ1) is 8.20. The molecule has 0 aliphatic heterocycles. The van der Waals surface area contributed by atoms with Crippen LogP contribution >= 0.6 is 0 Å². The highest BCUT2D eigenvalue weighted by Crippen LogP contribution is 2.25. The average Bonchev–Trinajstić information content (AvgIpc) is 2.34. The molecule has 0 unspecified atom stereocenters. The van der Waals surface area contributed by atoms with E-state index in [9.17, 15) is 4.79 Å². The number of nitrogens with one attached hydrogen (secondary N) is 2. The topological polar surface area (TPSA) is 44.4 Å². The first kappa shape index (κ1) is 14.3. The van der Waals surface area contributed by atoms with E-state index in [2.05, 4.69) is 10.6 Å². The third-order valence-electron chi connectivity index (χ3n) is 3.44. The van der Waals surface area contributed by atoms with Crippen molar-refractivity contribution >= 4 is 6.03 Å². The summed E-state index contributed by atoms with van der Waals surface area (Å²) in [4.78, 5) is 12.8. The predicted molar refractivity (Wildman–Crippen MR) is 71.1 cm³/mol. The quantitative estimate of drug-likeness (QED) is 0.697. The van der Waals surface area contributed by atoms with Crippen LogP contribution in [0.5, 0.6) is 0 Å². The lowest BCUT2D eigenvalue weighted by Crippen LogP contribution is -2.38. The third-order valence-corrected chi connectivity index (χ3v) is 3.44. The molecule has 1 aliphatic rings. The van der Waals surface area contributed by atoms with Crippen LogP contribution in [0.4, 0.5) is 4.79 Å². The Hall–Kier alpha value is -0.770. The van der Waals surface area contributed by atoms with Gasteiger partial charge in [-0.3, -0.25) is 0 Å². The van der Waals surface area contributed by atoms with Gasteiger partial charge in [0.05, 0.1) is 0 Å². The number of amides is 2. The fourth-order valence-electron chi connectivity index (χ4n) is 2.32. The second-order valence-corrected chi connectivity index (χ2v) is 5.17. The van der Waals surface area contributed by atoms with E-state index in [1.54, 1.807) is 19.0 Å². The van der Waals surface area contributed by atoms with Crippen LogP contribution in [0.1, 0.15) is 38.5 Å². The van der Waals surface area contributed by atoms with Crippen molar-refractivity contribution in [1.29, 1.82) is 0 Å². The Morgan fingerprint density at radius 3 is 2.47 bits per heavy atom. The van der Waals surface area contributed by atoms with Crippen LogP contribution in [0.2, 0.25) is 0 Å². The lowest BCUT2D eigenvalue weighted by atomic mass is 9.87. The molecule has 1 rings (SSSR count). The van der Waals surface area contributed by atoms with E-state index in [0.717, 1.165) is 19.0 Å². The van der Waals surface area contributed by atoms with E-state index >= 15 is 0 Å². The van der Waals surface area contributed by atoms with Gasteiger partial charge in [0.1, 0.15) is 0 Å². The Morgan fingerprint density at radius 2 is 1.82 bits per heavy atom. The molecule has 2 N–H and O–H groups in total. The van der Waals surface area contributed by atoms with Crippen molar-refractivity contribution in [2.45, 2.75) is 38.5 Å². The van der Waals surface area contributed by atoms with Gasteiger partial charge in [-0.25, -0.2) is 4.79 Å². The Morgan fingerprint density at radius 1 is 1.12 bits per heavy atom. The fraction of sp³-hybridized carbons (Fsp3) is 0.923. The summed E-state index contributed by atoms with van der Waals surface area (Å²) < 4.78 is 0. The average molecular weight is 241 g/mol. The zero-order chi connectivity index (χ0) is 12.5. The zero-order valence-electron chi connectivity index (χ0n) is 11.3. The molecule has 0 saturated heterocycles. The summed E-state index contributed by atoms with van der Waals surface area (Å²) in [7, 11) is 3.51. The minimum atomic E-state index is -0.0147. The molecule has 1 fully saturated rings. The Bertz CT molecular complexity index is 213. The maximum absolute atomic E-state index is 11.2. The van der Waals surface area contributed by atoms with E-state index < -0.39 is 0 Å². The van der Waals surface area contributed by atoms with Crippen LogP contribution in [0.3, 0.4) is 0 Å². The number of hydrogen-bond donors (Lipinski definition) is 2. The minimum absolute atomic E-state index is 0.0147. The van der Waals surface area contributed by atoms with Crippen LogP contribution < -0.4 is 10.6 Å². The van der Waals surface area contributed by atoms with E-state index in [1.165, 1.54) is 38.5 Å². The maximum atomic E-state index is 11.2. The fourth-order valence-corrected chi connectivity index (χ4v) is 2.32. The molecule has 0 radical (unpaired) electrons. The second-order valence-electron chi connectivity index (χ2n) is 5.17. The number of carbonyl (C=O) groups is 1. The van der Waals surface area contributed by atoms with E-state index in [4.69, 9.17) is 0 Å². The molecule has 100 valence electrons. The molecule has 0 aromatic rings.